The topological polar surface area (TPSA) is 69.0 Å². The molecule has 0 saturated heterocycles. The Morgan fingerprint density at radius 2 is 2.29 bits per heavy atom. The molecule has 0 spiro atoms. The van der Waals surface area contributed by atoms with Crippen molar-refractivity contribution in [3.05, 3.63) is 46.9 Å². The third-order valence-corrected chi connectivity index (χ3v) is 4.21. The standard InChI is InChI=1S/C16H17FN4O2S/c1-4-23-14(22)12-9(2)18-15-19-16(24-3)20-21(15)13(12)10-6-5-7-11(17)8-10/h5-8,13H,4H2,1-3H3,(H,18,19,20)/t13-/m0/s1. The lowest BCUT2D eigenvalue weighted by molar-refractivity contribution is -0.139. The molecule has 1 N–H and O–H groups in total. The van der Waals surface area contributed by atoms with E-state index in [4.69, 9.17) is 4.74 Å². The van der Waals surface area contributed by atoms with Gasteiger partial charge in [0.25, 0.3) is 0 Å². The Hall–Kier alpha value is -2.35. The summed E-state index contributed by atoms with van der Waals surface area (Å²) in [5, 5.41) is 8.07. The van der Waals surface area contributed by atoms with Crippen molar-refractivity contribution in [2.75, 3.05) is 18.2 Å². The molecule has 0 aliphatic carbocycles. The fourth-order valence-electron chi connectivity index (χ4n) is 2.68. The molecule has 1 aromatic heterocycles. The molecular weight excluding hydrogens is 331 g/mol. The van der Waals surface area contributed by atoms with Gasteiger partial charge in [-0.25, -0.2) is 13.9 Å². The molecule has 1 aliphatic heterocycles. The maximum absolute atomic E-state index is 13.7. The van der Waals surface area contributed by atoms with Gasteiger partial charge in [-0.2, -0.15) is 4.98 Å². The van der Waals surface area contributed by atoms with E-state index in [-0.39, 0.29) is 12.4 Å². The lowest BCUT2D eigenvalue weighted by Gasteiger charge is -2.28. The first-order valence-electron chi connectivity index (χ1n) is 7.46. The van der Waals surface area contributed by atoms with Crippen molar-refractivity contribution in [3.63, 3.8) is 0 Å². The molecule has 8 heteroatoms. The number of thioether (sulfide) groups is 1. The van der Waals surface area contributed by atoms with E-state index in [1.807, 2.05) is 6.26 Å². The summed E-state index contributed by atoms with van der Waals surface area (Å²) in [4.78, 5) is 16.9. The van der Waals surface area contributed by atoms with E-state index in [1.54, 1.807) is 30.7 Å². The second-order valence-corrected chi connectivity index (χ2v) is 5.98. The predicted octanol–water partition coefficient (Wildman–Crippen LogP) is 2.99. The first-order valence-corrected chi connectivity index (χ1v) is 8.68. The normalized spacial score (nSPS) is 16.6. The number of rotatable bonds is 4. The summed E-state index contributed by atoms with van der Waals surface area (Å²) >= 11 is 1.39. The van der Waals surface area contributed by atoms with Gasteiger partial charge in [0, 0.05) is 5.70 Å². The van der Waals surface area contributed by atoms with Crippen LogP contribution in [-0.2, 0) is 9.53 Å². The zero-order chi connectivity index (χ0) is 17.3. The van der Waals surface area contributed by atoms with Crippen LogP contribution >= 0.6 is 11.8 Å². The highest BCUT2D eigenvalue weighted by molar-refractivity contribution is 7.98. The third-order valence-electron chi connectivity index (χ3n) is 3.68. The number of ether oxygens (including phenoxy) is 1. The molecule has 0 bridgehead atoms. The maximum Gasteiger partial charge on any atom is 0.338 e. The number of esters is 1. The van der Waals surface area contributed by atoms with Crippen LogP contribution in [-0.4, -0.2) is 33.6 Å². The summed E-state index contributed by atoms with van der Waals surface area (Å²) in [6.45, 7) is 3.77. The number of allylic oxidation sites excluding steroid dienone is 1. The Labute approximate surface area is 143 Å². The van der Waals surface area contributed by atoms with E-state index in [0.29, 0.717) is 27.9 Å². The minimum atomic E-state index is -0.593. The van der Waals surface area contributed by atoms with Gasteiger partial charge in [-0.05, 0) is 37.8 Å². The molecule has 0 fully saturated rings. The smallest absolute Gasteiger partial charge is 0.338 e. The molecule has 1 aliphatic rings. The Kier molecular flexibility index (Phi) is 4.57. The molecule has 126 valence electrons. The molecule has 0 unspecified atom stereocenters. The van der Waals surface area contributed by atoms with Gasteiger partial charge in [-0.3, -0.25) is 0 Å². The number of anilines is 1. The maximum atomic E-state index is 13.7. The molecule has 0 amide bonds. The highest BCUT2D eigenvalue weighted by Crippen LogP contribution is 2.36. The molecule has 2 heterocycles. The van der Waals surface area contributed by atoms with Crippen LogP contribution in [0.2, 0.25) is 0 Å². The highest BCUT2D eigenvalue weighted by Gasteiger charge is 2.35. The van der Waals surface area contributed by atoms with Crippen molar-refractivity contribution < 1.29 is 13.9 Å². The second kappa shape index (κ2) is 6.64. The Bertz CT molecular complexity index is 818. The van der Waals surface area contributed by atoms with Crippen LogP contribution in [0.3, 0.4) is 0 Å². The van der Waals surface area contributed by atoms with Gasteiger partial charge in [-0.15, -0.1) is 5.10 Å². The van der Waals surface area contributed by atoms with Crippen LogP contribution in [0.25, 0.3) is 0 Å². The summed E-state index contributed by atoms with van der Waals surface area (Å²) < 4.78 is 20.5. The molecular formula is C16H17FN4O2S. The van der Waals surface area contributed by atoms with E-state index in [9.17, 15) is 9.18 Å². The first-order chi connectivity index (χ1) is 11.5. The number of hydrogen-bond donors (Lipinski definition) is 1. The summed E-state index contributed by atoms with van der Waals surface area (Å²) in [6.07, 6.45) is 1.87. The summed E-state index contributed by atoms with van der Waals surface area (Å²) in [5.41, 5.74) is 1.63. The number of halogens is 1. The second-order valence-electron chi connectivity index (χ2n) is 5.21. The van der Waals surface area contributed by atoms with Gasteiger partial charge in [0.2, 0.25) is 11.1 Å². The lowest BCUT2D eigenvalue weighted by atomic mass is 9.96. The molecule has 0 radical (unpaired) electrons. The number of nitrogens with zero attached hydrogens (tertiary/aromatic N) is 3. The minimum absolute atomic E-state index is 0.256. The van der Waals surface area contributed by atoms with Crippen molar-refractivity contribution >= 4 is 23.7 Å². The van der Waals surface area contributed by atoms with Gasteiger partial charge < -0.3 is 10.1 Å². The third kappa shape index (κ3) is 2.89. The van der Waals surface area contributed by atoms with Crippen LogP contribution < -0.4 is 5.32 Å². The van der Waals surface area contributed by atoms with E-state index >= 15 is 0 Å². The highest BCUT2D eigenvalue weighted by atomic mass is 32.2. The van der Waals surface area contributed by atoms with Gasteiger partial charge in [0.05, 0.1) is 12.2 Å². The largest absolute Gasteiger partial charge is 0.463 e. The molecule has 1 aromatic carbocycles. The van der Waals surface area contributed by atoms with E-state index in [0.717, 1.165) is 0 Å². The molecule has 3 rings (SSSR count). The van der Waals surface area contributed by atoms with Gasteiger partial charge >= 0.3 is 5.97 Å². The molecule has 24 heavy (non-hydrogen) atoms. The number of nitrogens with one attached hydrogen (secondary N) is 1. The Morgan fingerprint density at radius 3 is 2.96 bits per heavy atom. The van der Waals surface area contributed by atoms with E-state index < -0.39 is 12.0 Å². The average Bonchev–Trinajstić information content (AvgIpc) is 2.96. The zero-order valence-electron chi connectivity index (χ0n) is 13.5. The van der Waals surface area contributed by atoms with Crippen molar-refractivity contribution in [1.82, 2.24) is 14.8 Å². The van der Waals surface area contributed by atoms with Crippen molar-refractivity contribution in [1.29, 1.82) is 0 Å². The van der Waals surface area contributed by atoms with E-state index in [1.165, 1.54) is 23.9 Å². The number of fused-ring (bicyclic) bond motifs is 1. The van der Waals surface area contributed by atoms with Gasteiger partial charge in [0.1, 0.15) is 11.9 Å². The van der Waals surface area contributed by atoms with Crippen LogP contribution in [0.5, 0.6) is 0 Å². The summed E-state index contributed by atoms with van der Waals surface area (Å²) in [6, 6.07) is 5.53. The quantitative estimate of drug-likeness (QED) is 0.677. The number of hydrogen-bond acceptors (Lipinski definition) is 6. The van der Waals surface area contributed by atoms with Crippen LogP contribution in [0.4, 0.5) is 10.3 Å². The SMILES string of the molecule is CCOC(=O)C1=C(C)Nc2nc(SC)nn2[C@H]1c1cccc(F)c1. The fourth-order valence-corrected chi connectivity index (χ4v) is 3.02. The first kappa shape index (κ1) is 16.5. The van der Waals surface area contributed by atoms with Crippen LogP contribution in [0.1, 0.15) is 25.5 Å². The molecule has 6 nitrogen and oxygen atoms in total. The number of carbonyl (C=O) groups excluding carboxylic acids is 1. The minimum Gasteiger partial charge on any atom is -0.463 e. The van der Waals surface area contributed by atoms with Crippen LogP contribution in [0, 0.1) is 5.82 Å². The zero-order valence-corrected chi connectivity index (χ0v) is 14.4. The van der Waals surface area contributed by atoms with Crippen molar-refractivity contribution in [2.45, 2.75) is 25.0 Å². The van der Waals surface area contributed by atoms with Gasteiger partial charge in [0.15, 0.2) is 0 Å². The summed E-state index contributed by atoms with van der Waals surface area (Å²) in [5.74, 6) is -0.318. The van der Waals surface area contributed by atoms with Crippen LogP contribution in [0.15, 0.2) is 40.7 Å². The fraction of sp³-hybridized carbons (Fsp3) is 0.312. The van der Waals surface area contributed by atoms with Crippen molar-refractivity contribution in [3.8, 4) is 0 Å². The molecule has 1 atom stereocenters. The lowest BCUT2D eigenvalue weighted by Crippen LogP contribution is -2.29. The average molecular weight is 348 g/mol. The number of carbonyl (C=O) groups is 1. The Morgan fingerprint density at radius 1 is 1.50 bits per heavy atom. The predicted molar refractivity (Wildman–Crippen MR) is 89.3 cm³/mol. The number of aromatic nitrogens is 3. The Balaban J connectivity index is 2.17. The van der Waals surface area contributed by atoms with E-state index in [2.05, 4.69) is 15.4 Å². The van der Waals surface area contributed by atoms with Crippen molar-refractivity contribution in [2.24, 2.45) is 0 Å². The number of benzene rings is 1. The monoisotopic (exact) mass is 348 g/mol. The summed E-state index contributed by atoms with van der Waals surface area (Å²) in [7, 11) is 0. The van der Waals surface area contributed by atoms with Gasteiger partial charge in [-0.1, -0.05) is 23.9 Å². The molecule has 2 aromatic rings. The molecule has 0 saturated carbocycles.